The lowest BCUT2D eigenvalue weighted by Crippen LogP contribution is -2.44. The lowest BCUT2D eigenvalue weighted by Gasteiger charge is -2.34. The average molecular weight is 249 g/mol. The maximum absolute atomic E-state index is 10.5. The molecule has 5 heteroatoms. The first-order valence-electron chi connectivity index (χ1n) is 6.10. The summed E-state index contributed by atoms with van der Waals surface area (Å²) in [7, 11) is 2.14. The molecule has 1 heterocycles. The van der Waals surface area contributed by atoms with Crippen molar-refractivity contribution in [2.75, 3.05) is 38.1 Å². The van der Waals surface area contributed by atoms with Gasteiger partial charge in [0.05, 0.1) is 0 Å². The highest BCUT2D eigenvalue weighted by Crippen LogP contribution is 2.17. The van der Waals surface area contributed by atoms with E-state index in [9.17, 15) is 4.79 Å². The molecule has 1 fully saturated rings. The van der Waals surface area contributed by atoms with E-state index in [0.717, 1.165) is 31.7 Å². The Morgan fingerprint density at radius 3 is 2.39 bits per heavy atom. The molecule has 0 atom stereocenters. The zero-order valence-electron chi connectivity index (χ0n) is 10.6. The van der Waals surface area contributed by atoms with Crippen LogP contribution < -0.4 is 10.6 Å². The zero-order valence-corrected chi connectivity index (χ0v) is 10.6. The van der Waals surface area contributed by atoms with Crippen LogP contribution in [0.25, 0.3) is 0 Å². The molecule has 0 bridgehead atoms. The van der Waals surface area contributed by atoms with Crippen molar-refractivity contribution in [3.63, 3.8) is 0 Å². The molecule has 1 aliphatic rings. The highest BCUT2D eigenvalue weighted by molar-refractivity contribution is 5.64. The molecule has 1 saturated heterocycles. The van der Waals surface area contributed by atoms with Gasteiger partial charge in [-0.3, -0.25) is 0 Å². The summed E-state index contributed by atoms with van der Waals surface area (Å²) in [6.07, 6.45) is -0.738. The predicted molar refractivity (Wildman–Crippen MR) is 70.5 cm³/mol. The highest BCUT2D eigenvalue weighted by atomic mass is 16.5. The molecule has 2 rings (SSSR count). The summed E-state index contributed by atoms with van der Waals surface area (Å²) >= 11 is 0. The van der Waals surface area contributed by atoms with E-state index in [1.165, 1.54) is 5.69 Å². The number of rotatable bonds is 3. The van der Waals surface area contributed by atoms with Gasteiger partial charge in [-0.05, 0) is 24.7 Å². The van der Waals surface area contributed by atoms with Crippen LogP contribution in [0.5, 0.6) is 0 Å². The molecule has 0 saturated carbocycles. The monoisotopic (exact) mass is 249 g/mol. The standard InChI is InChI=1S/C13H19N3O2/c1-15-6-8-16(9-7-15)12-4-2-11(3-5-12)10-18-13(14)17/h2-5H,6-10H2,1H3,(H2,14,17). The van der Waals surface area contributed by atoms with Gasteiger partial charge in [0.15, 0.2) is 0 Å². The van der Waals surface area contributed by atoms with Gasteiger partial charge in [0.25, 0.3) is 0 Å². The number of anilines is 1. The highest BCUT2D eigenvalue weighted by Gasteiger charge is 2.13. The van der Waals surface area contributed by atoms with Gasteiger partial charge in [-0.15, -0.1) is 0 Å². The third kappa shape index (κ3) is 3.37. The molecular weight excluding hydrogens is 230 g/mol. The van der Waals surface area contributed by atoms with E-state index in [0.29, 0.717) is 0 Å². The molecule has 1 aromatic carbocycles. The largest absolute Gasteiger partial charge is 0.445 e. The van der Waals surface area contributed by atoms with Crippen molar-refractivity contribution in [3.05, 3.63) is 29.8 Å². The Labute approximate surface area is 107 Å². The van der Waals surface area contributed by atoms with Gasteiger partial charge < -0.3 is 20.3 Å². The smallest absolute Gasteiger partial charge is 0.404 e. The van der Waals surface area contributed by atoms with Gasteiger partial charge >= 0.3 is 6.09 Å². The number of carbonyl (C=O) groups excluding carboxylic acids is 1. The average Bonchev–Trinajstić information content (AvgIpc) is 2.38. The summed E-state index contributed by atoms with van der Waals surface area (Å²) in [5.74, 6) is 0. The summed E-state index contributed by atoms with van der Waals surface area (Å²) in [6.45, 7) is 4.51. The number of primary amides is 1. The molecule has 98 valence electrons. The number of hydrogen-bond acceptors (Lipinski definition) is 4. The molecule has 5 nitrogen and oxygen atoms in total. The van der Waals surface area contributed by atoms with Crippen molar-refractivity contribution >= 4 is 11.8 Å². The Kier molecular flexibility index (Phi) is 4.04. The van der Waals surface area contributed by atoms with Crippen LogP contribution in [-0.4, -0.2) is 44.2 Å². The van der Waals surface area contributed by atoms with E-state index in [2.05, 4.69) is 29.0 Å². The SMILES string of the molecule is CN1CCN(c2ccc(COC(N)=O)cc2)CC1. The maximum atomic E-state index is 10.5. The number of amides is 1. The molecular formula is C13H19N3O2. The lowest BCUT2D eigenvalue weighted by atomic mass is 10.2. The minimum atomic E-state index is -0.738. The molecule has 18 heavy (non-hydrogen) atoms. The molecule has 0 radical (unpaired) electrons. The Bertz CT molecular complexity index is 397. The number of nitrogens with two attached hydrogens (primary N) is 1. The summed E-state index contributed by atoms with van der Waals surface area (Å²) in [5, 5.41) is 0. The van der Waals surface area contributed by atoms with E-state index in [-0.39, 0.29) is 6.61 Å². The molecule has 0 unspecified atom stereocenters. The van der Waals surface area contributed by atoms with Gasteiger partial charge in [0.2, 0.25) is 0 Å². The van der Waals surface area contributed by atoms with Gasteiger partial charge in [0.1, 0.15) is 6.61 Å². The minimum Gasteiger partial charge on any atom is -0.445 e. The number of ether oxygens (including phenoxy) is 1. The van der Waals surface area contributed by atoms with Crippen LogP contribution >= 0.6 is 0 Å². The number of hydrogen-bond donors (Lipinski definition) is 1. The number of likely N-dealkylation sites (N-methyl/N-ethyl adjacent to an activating group) is 1. The molecule has 1 amide bonds. The summed E-state index contributed by atoms with van der Waals surface area (Å²) in [5.41, 5.74) is 7.09. The first-order chi connectivity index (χ1) is 8.65. The van der Waals surface area contributed by atoms with Crippen LogP contribution in [0.4, 0.5) is 10.5 Å². The predicted octanol–water partition coefficient (Wildman–Crippen LogP) is 1.03. The van der Waals surface area contributed by atoms with Crippen LogP contribution in [0, 0.1) is 0 Å². The van der Waals surface area contributed by atoms with Crippen molar-refractivity contribution < 1.29 is 9.53 Å². The number of carbonyl (C=O) groups is 1. The first-order valence-corrected chi connectivity index (χ1v) is 6.10. The molecule has 0 aromatic heterocycles. The van der Waals surface area contributed by atoms with E-state index in [1.54, 1.807) is 0 Å². The van der Waals surface area contributed by atoms with Crippen LogP contribution in [-0.2, 0) is 11.3 Å². The summed E-state index contributed by atoms with van der Waals surface area (Å²) in [6, 6.07) is 8.06. The van der Waals surface area contributed by atoms with Crippen LogP contribution in [0.2, 0.25) is 0 Å². The first kappa shape index (κ1) is 12.7. The number of piperazine rings is 1. The maximum Gasteiger partial charge on any atom is 0.404 e. The molecule has 2 N–H and O–H groups in total. The topological polar surface area (TPSA) is 58.8 Å². The Morgan fingerprint density at radius 2 is 1.83 bits per heavy atom. The van der Waals surface area contributed by atoms with Crippen LogP contribution in [0.1, 0.15) is 5.56 Å². The minimum absolute atomic E-state index is 0.234. The van der Waals surface area contributed by atoms with Crippen molar-refractivity contribution in [2.24, 2.45) is 5.73 Å². The quantitative estimate of drug-likeness (QED) is 0.869. The lowest BCUT2D eigenvalue weighted by molar-refractivity contribution is 0.150. The van der Waals surface area contributed by atoms with Gasteiger partial charge in [0, 0.05) is 31.9 Å². The van der Waals surface area contributed by atoms with Gasteiger partial charge in [-0.25, -0.2) is 4.79 Å². The second kappa shape index (κ2) is 5.73. The normalized spacial score (nSPS) is 16.6. The molecule has 1 aliphatic heterocycles. The van der Waals surface area contributed by atoms with Crippen molar-refractivity contribution in [2.45, 2.75) is 6.61 Å². The Hall–Kier alpha value is -1.75. The molecule has 1 aromatic rings. The van der Waals surface area contributed by atoms with Crippen molar-refractivity contribution in [3.8, 4) is 0 Å². The fourth-order valence-electron chi connectivity index (χ4n) is 2.02. The second-order valence-electron chi connectivity index (χ2n) is 4.56. The fraction of sp³-hybridized carbons (Fsp3) is 0.462. The van der Waals surface area contributed by atoms with Crippen LogP contribution in [0.15, 0.2) is 24.3 Å². The number of nitrogens with zero attached hydrogens (tertiary/aromatic N) is 2. The van der Waals surface area contributed by atoms with E-state index in [4.69, 9.17) is 10.5 Å². The fourth-order valence-corrected chi connectivity index (χ4v) is 2.02. The third-order valence-electron chi connectivity index (χ3n) is 3.19. The van der Waals surface area contributed by atoms with Crippen molar-refractivity contribution in [1.82, 2.24) is 4.90 Å². The number of benzene rings is 1. The summed E-state index contributed by atoms with van der Waals surface area (Å²) < 4.78 is 4.75. The van der Waals surface area contributed by atoms with E-state index >= 15 is 0 Å². The van der Waals surface area contributed by atoms with Crippen molar-refractivity contribution in [1.29, 1.82) is 0 Å². The Balaban J connectivity index is 1.93. The van der Waals surface area contributed by atoms with Gasteiger partial charge in [-0.2, -0.15) is 0 Å². The van der Waals surface area contributed by atoms with E-state index in [1.807, 2.05) is 12.1 Å². The van der Waals surface area contributed by atoms with Gasteiger partial charge in [-0.1, -0.05) is 12.1 Å². The zero-order chi connectivity index (χ0) is 13.0. The third-order valence-corrected chi connectivity index (χ3v) is 3.19. The Morgan fingerprint density at radius 1 is 1.22 bits per heavy atom. The molecule has 0 spiro atoms. The van der Waals surface area contributed by atoms with Crippen LogP contribution in [0.3, 0.4) is 0 Å². The summed E-state index contributed by atoms with van der Waals surface area (Å²) in [4.78, 5) is 15.2. The van der Waals surface area contributed by atoms with E-state index < -0.39 is 6.09 Å². The second-order valence-corrected chi connectivity index (χ2v) is 4.56. The molecule has 0 aliphatic carbocycles.